The summed E-state index contributed by atoms with van der Waals surface area (Å²) in [6.45, 7) is 12.1. The van der Waals surface area contributed by atoms with Crippen LogP contribution < -0.4 is 5.32 Å². The quantitative estimate of drug-likeness (QED) is 0.631. The molecule has 7 heteroatoms. The van der Waals surface area contributed by atoms with Crippen molar-refractivity contribution in [3.05, 3.63) is 0 Å². The largest absolute Gasteiger partial charge is 0.463 e. The van der Waals surface area contributed by atoms with E-state index in [1.165, 1.54) is 0 Å². The molecule has 1 rings (SSSR count). The fourth-order valence-electron chi connectivity index (χ4n) is 1.85. The number of nitriles is 1. The second-order valence-electron chi connectivity index (χ2n) is 6.80. The molecule has 0 radical (unpaired) electrons. The van der Waals surface area contributed by atoms with Crippen LogP contribution in [0, 0.1) is 11.3 Å². The Hall–Kier alpha value is -1.39. The summed E-state index contributed by atoms with van der Waals surface area (Å²) in [5.41, 5.74) is -1.62. The van der Waals surface area contributed by atoms with Gasteiger partial charge in [0.25, 0.3) is 0 Å². The van der Waals surface area contributed by atoms with Crippen LogP contribution >= 0.6 is 0 Å². The molecule has 0 bridgehead atoms. The van der Waals surface area contributed by atoms with Crippen LogP contribution in [-0.4, -0.2) is 38.4 Å². The van der Waals surface area contributed by atoms with Gasteiger partial charge in [0.1, 0.15) is 12.2 Å². The summed E-state index contributed by atoms with van der Waals surface area (Å²) in [5, 5.41) is 11.7. The number of hydrogen-bond donors (Lipinski definition) is 1. The van der Waals surface area contributed by atoms with Crippen molar-refractivity contribution in [3.8, 4) is 6.07 Å². The molecule has 2 atom stereocenters. The molecule has 1 saturated heterocycles. The third kappa shape index (κ3) is 3.44. The van der Waals surface area contributed by atoms with E-state index >= 15 is 0 Å². The molecule has 6 nitrogen and oxygen atoms in total. The summed E-state index contributed by atoms with van der Waals surface area (Å²) >= 11 is 0. The average molecular weight is 312 g/mol. The highest BCUT2D eigenvalue weighted by Gasteiger charge is 2.54. The van der Waals surface area contributed by atoms with Crippen LogP contribution in [0.3, 0.4) is 0 Å². The Morgan fingerprint density at radius 3 is 2.52 bits per heavy atom. The summed E-state index contributed by atoms with van der Waals surface area (Å²) < 4.78 is 10.9. The first-order valence-electron chi connectivity index (χ1n) is 7.07. The first-order chi connectivity index (χ1) is 9.49. The SMILES string of the molecule is CCOC(=O)[C@@]1(C#N)C[C@H](O[Si](C)(C)C(C)(C)C)C(=O)N1. The van der Waals surface area contributed by atoms with Crippen LogP contribution in [0.5, 0.6) is 0 Å². The number of amides is 1. The minimum atomic E-state index is -2.16. The minimum Gasteiger partial charge on any atom is -0.463 e. The summed E-state index contributed by atoms with van der Waals surface area (Å²) in [5.74, 6) is -1.14. The number of nitrogens with zero attached hydrogens (tertiary/aromatic N) is 1. The van der Waals surface area contributed by atoms with Gasteiger partial charge >= 0.3 is 5.97 Å². The Balaban J connectivity index is 2.93. The van der Waals surface area contributed by atoms with Gasteiger partial charge in [-0.05, 0) is 25.1 Å². The summed E-state index contributed by atoms with van der Waals surface area (Å²) in [6, 6.07) is 1.88. The number of esters is 1. The smallest absolute Gasteiger partial charge is 0.346 e. The van der Waals surface area contributed by atoms with Gasteiger partial charge < -0.3 is 14.5 Å². The average Bonchev–Trinajstić information content (AvgIpc) is 2.66. The lowest BCUT2D eigenvalue weighted by atomic mass is 9.99. The molecule has 1 aliphatic rings. The number of rotatable bonds is 4. The maximum atomic E-state index is 12.1. The van der Waals surface area contributed by atoms with Gasteiger partial charge in [-0.15, -0.1) is 0 Å². The molecule has 0 unspecified atom stereocenters. The monoisotopic (exact) mass is 312 g/mol. The van der Waals surface area contributed by atoms with Crippen molar-refractivity contribution >= 4 is 20.2 Å². The van der Waals surface area contributed by atoms with Gasteiger partial charge in [0.15, 0.2) is 8.32 Å². The molecule has 0 aromatic heterocycles. The van der Waals surface area contributed by atoms with Crippen molar-refractivity contribution in [2.45, 2.75) is 63.9 Å². The number of ether oxygens (including phenoxy) is 1. The highest BCUT2D eigenvalue weighted by molar-refractivity contribution is 6.74. The number of hydrogen-bond acceptors (Lipinski definition) is 5. The Bertz CT molecular complexity index is 478. The topological polar surface area (TPSA) is 88.4 Å². The zero-order valence-electron chi connectivity index (χ0n) is 13.6. The van der Waals surface area contributed by atoms with E-state index in [0.29, 0.717) is 0 Å². The molecule has 0 aromatic rings. The predicted octanol–water partition coefficient (Wildman–Crippen LogP) is 1.72. The lowest BCUT2D eigenvalue weighted by Crippen LogP contribution is -2.48. The molecule has 1 aliphatic heterocycles. The third-order valence-electron chi connectivity index (χ3n) is 4.18. The Morgan fingerprint density at radius 1 is 1.52 bits per heavy atom. The van der Waals surface area contributed by atoms with Crippen LogP contribution in [-0.2, 0) is 18.8 Å². The van der Waals surface area contributed by atoms with Crippen molar-refractivity contribution in [2.75, 3.05) is 6.61 Å². The van der Waals surface area contributed by atoms with E-state index in [9.17, 15) is 14.9 Å². The molecule has 0 aromatic carbocycles. The Kier molecular flexibility index (Phi) is 4.86. The Morgan fingerprint density at radius 2 is 2.10 bits per heavy atom. The van der Waals surface area contributed by atoms with Crippen molar-refractivity contribution in [2.24, 2.45) is 0 Å². The minimum absolute atomic E-state index is 0.00627. The zero-order chi connectivity index (χ0) is 16.5. The zero-order valence-corrected chi connectivity index (χ0v) is 14.6. The van der Waals surface area contributed by atoms with Crippen LogP contribution in [0.15, 0.2) is 0 Å². The summed E-state index contributed by atoms with van der Waals surface area (Å²) in [4.78, 5) is 24.0. The lowest BCUT2D eigenvalue weighted by molar-refractivity contribution is -0.148. The van der Waals surface area contributed by atoms with Gasteiger partial charge in [0, 0.05) is 6.42 Å². The molecule has 0 saturated carbocycles. The van der Waals surface area contributed by atoms with E-state index in [1.807, 2.05) is 19.2 Å². The van der Waals surface area contributed by atoms with Gasteiger partial charge in [-0.1, -0.05) is 20.8 Å². The molecule has 0 spiro atoms. The van der Waals surface area contributed by atoms with E-state index in [1.54, 1.807) is 6.92 Å². The number of nitrogens with one attached hydrogen (secondary N) is 1. The van der Waals surface area contributed by atoms with Crippen molar-refractivity contribution < 1.29 is 18.8 Å². The normalized spacial score (nSPS) is 26.1. The number of carbonyl (C=O) groups excluding carboxylic acids is 2. The third-order valence-corrected chi connectivity index (χ3v) is 8.66. The van der Waals surface area contributed by atoms with E-state index in [2.05, 4.69) is 26.1 Å². The molecule has 1 fully saturated rings. The van der Waals surface area contributed by atoms with Gasteiger partial charge in [-0.2, -0.15) is 5.26 Å². The second kappa shape index (κ2) is 5.77. The van der Waals surface area contributed by atoms with Gasteiger partial charge in [0.05, 0.1) is 6.61 Å². The predicted molar refractivity (Wildman–Crippen MR) is 79.8 cm³/mol. The van der Waals surface area contributed by atoms with Crippen LogP contribution in [0.4, 0.5) is 0 Å². The first kappa shape index (κ1) is 17.7. The van der Waals surface area contributed by atoms with Crippen LogP contribution in [0.2, 0.25) is 18.1 Å². The van der Waals surface area contributed by atoms with Crippen molar-refractivity contribution in [1.29, 1.82) is 5.26 Å². The second-order valence-corrected chi connectivity index (χ2v) is 11.6. The van der Waals surface area contributed by atoms with Gasteiger partial charge in [0.2, 0.25) is 11.4 Å². The van der Waals surface area contributed by atoms with Crippen LogP contribution in [0.1, 0.15) is 34.1 Å². The number of carbonyl (C=O) groups is 2. The highest BCUT2D eigenvalue weighted by Crippen LogP contribution is 2.39. The molecule has 1 N–H and O–H groups in total. The molecule has 118 valence electrons. The molecular weight excluding hydrogens is 288 g/mol. The highest BCUT2D eigenvalue weighted by atomic mass is 28.4. The van der Waals surface area contributed by atoms with Gasteiger partial charge in [-0.3, -0.25) is 4.79 Å². The standard InChI is InChI=1S/C14H24N2O4Si/c1-7-19-12(18)14(9-15)8-10(11(17)16-14)20-21(5,6)13(2,3)4/h10H,7-8H2,1-6H3,(H,16,17)/t10-,14-/m0/s1. The molecule has 1 amide bonds. The van der Waals surface area contributed by atoms with Crippen molar-refractivity contribution in [1.82, 2.24) is 5.32 Å². The molecular formula is C14H24N2O4Si. The van der Waals surface area contributed by atoms with E-state index in [-0.39, 0.29) is 18.1 Å². The summed E-state index contributed by atoms with van der Waals surface area (Å²) in [6.07, 6.45) is -0.789. The molecule has 0 aliphatic carbocycles. The molecule has 1 heterocycles. The van der Waals surface area contributed by atoms with Gasteiger partial charge in [-0.25, -0.2) is 4.79 Å². The maximum absolute atomic E-state index is 12.1. The van der Waals surface area contributed by atoms with E-state index in [4.69, 9.17) is 9.16 Å². The molecule has 21 heavy (non-hydrogen) atoms. The fourth-order valence-corrected chi connectivity index (χ4v) is 3.10. The lowest BCUT2D eigenvalue weighted by Gasteiger charge is -2.37. The summed E-state index contributed by atoms with van der Waals surface area (Å²) in [7, 11) is -2.16. The Labute approximate surface area is 126 Å². The van der Waals surface area contributed by atoms with Crippen molar-refractivity contribution in [3.63, 3.8) is 0 Å². The maximum Gasteiger partial charge on any atom is 0.346 e. The first-order valence-corrected chi connectivity index (χ1v) is 9.98. The van der Waals surface area contributed by atoms with Crippen LogP contribution in [0.25, 0.3) is 0 Å². The van der Waals surface area contributed by atoms with E-state index in [0.717, 1.165) is 0 Å². The van der Waals surface area contributed by atoms with E-state index < -0.39 is 31.8 Å². The fraction of sp³-hybridized carbons (Fsp3) is 0.786.